The van der Waals surface area contributed by atoms with Crippen LogP contribution < -0.4 is 9.47 Å². The fourth-order valence-electron chi connectivity index (χ4n) is 4.16. The van der Waals surface area contributed by atoms with Gasteiger partial charge in [0.15, 0.2) is 40.2 Å². The molecule has 0 saturated carbocycles. The third-order valence-electron chi connectivity index (χ3n) is 5.76. The first kappa shape index (κ1) is 23.0. The van der Waals surface area contributed by atoms with Crippen LogP contribution in [0.4, 0.5) is 0 Å². The van der Waals surface area contributed by atoms with Crippen molar-refractivity contribution in [3.05, 3.63) is 77.6 Å². The van der Waals surface area contributed by atoms with Crippen LogP contribution >= 0.6 is 11.8 Å². The summed E-state index contributed by atoms with van der Waals surface area (Å²) in [6, 6.07) is 11.3. The van der Waals surface area contributed by atoms with Gasteiger partial charge in [-0.05, 0) is 39.0 Å². The van der Waals surface area contributed by atoms with Gasteiger partial charge in [-0.15, -0.1) is 16.8 Å². The van der Waals surface area contributed by atoms with Crippen molar-refractivity contribution >= 4 is 17.5 Å². The number of fused-ring (bicyclic) bond motifs is 1. The number of carbonyl (C=O) groups is 1. The van der Waals surface area contributed by atoms with E-state index in [1.807, 2.05) is 66.3 Å². The van der Waals surface area contributed by atoms with E-state index < -0.39 is 6.10 Å². The lowest BCUT2D eigenvalue weighted by molar-refractivity contribution is 0.0821. The number of hydrogen-bond acceptors (Lipinski definition) is 8. The first-order chi connectivity index (χ1) is 17.0. The molecule has 0 aliphatic carbocycles. The number of ether oxygens (including phenoxy) is 2. The number of carbonyl (C=O) groups excluding carboxylic acids is 1. The Morgan fingerprint density at radius 2 is 2.00 bits per heavy atom. The summed E-state index contributed by atoms with van der Waals surface area (Å²) in [6.45, 7) is 10.4. The van der Waals surface area contributed by atoms with Crippen molar-refractivity contribution in [2.24, 2.45) is 0 Å². The molecule has 0 saturated heterocycles. The molecule has 0 N–H and O–H groups in total. The van der Waals surface area contributed by atoms with Gasteiger partial charge in [0.05, 0.1) is 5.75 Å². The molecule has 9 nitrogen and oxygen atoms in total. The molecule has 1 aliphatic heterocycles. The molecule has 1 unspecified atom stereocenters. The number of thioether (sulfide) groups is 1. The third kappa shape index (κ3) is 4.37. The Morgan fingerprint density at radius 3 is 2.74 bits per heavy atom. The summed E-state index contributed by atoms with van der Waals surface area (Å²) in [6.07, 6.45) is 1.36. The average molecular weight is 492 g/mol. The number of hydrogen-bond donors (Lipinski definition) is 0. The summed E-state index contributed by atoms with van der Waals surface area (Å²) in [7, 11) is 0. The maximum absolute atomic E-state index is 13.2. The Bertz CT molecular complexity index is 1400. The lowest BCUT2D eigenvalue weighted by Crippen LogP contribution is -2.25. The zero-order chi connectivity index (χ0) is 24.5. The summed E-state index contributed by atoms with van der Waals surface area (Å²) >= 11 is 1.34. The Labute approximate surface area is 206 Å². The number of aryl methyl sites for hydroxylation is 2. The van der Waals surface area contributed by atoms with Crippen molar-refractivity contribution in [1.82, 2.24) is 24.5 Å². The van der Waals surface area contributed by atoms with E-state index in [2.05, 4.69) is 21.9 Å². The fraction of sp³-hybridized carbons (Fsp3) is 0.280. The SMILES string of the molecule is C=CCn1c(SCC(=O)c2cc(C)n(-c3cc(C)on3)c2C)nnc1C1COc2ccccc2O1. The van der Waals surface area contributed by atoms with Crippen LogP contribution in [-0.4, -0.2) is 42.6 Å². The van der Waals surface area contributed by atoms with E-state index in [1.165, 1.54) is 11.8 Å². The van der Waals surface area contributed by atoms with E-state index in [1.54, 1.807) is 6.08 Å². The molecule has 1 aliphatic rings. The average Bonchev–Trinajstić information content (AvgIpc) is 3.54. The number of Topliss-reactive ketones (excluding diaryl/α,β-unsaturated/α-hetero) is 1. The number of benzene rings is 1. The van der Waals surface area contributed by atoms with Gasteiger partial charge in [0.1, 0.15) is 12.4 Å². The first-order valence-electron chi connectivity index (χ1n) is 11.2. The topological polar surface area (TPSA) is 97.2 Å². The van der Waals surface area contributed by atoms with Crippen molar-refractivity contribution in [1.29, 1.82) is 0 Å². The molecule has 3 aromatic heterocycles. The first-order valence-corrected chi connectivity index (χ1v) is 12.2. The molecule has 5 rings (SSSR count). The molecule has 10 heteroatoms. The molecule has 4 aromatic rings. The molecule has 1 aromatic carbocycles. The van der Waals surface area contributed by atoms with Crippen molar-refractivity contribution in [3.63, 3.8) is 0 Å². The Balaban J connectivity index is 1.34. The van der Waals surface area contributed by atoms with Gasteiger partial charge in [-0.3, -0.25) is 13.9 Å². The molecular weight excluding hydrogens is 466 g/mol. The monoisotopic (exact) mass is 491 g/mol. The van der Waals surface area contributed by atoms with E-state index in [-0.39, 0.29) is 11.5 Å². The Hall–Kier alpha value is -3.79. The largest absolute Gasteiger partial charge is 0.485 e. The second-order valence-corrected chi connectivity index (χ2v) is 9.17. The number of aromatic nitrogens is 5. The third-order valence-corrected chi connectivity index (χ3v) is 6.73. The van der Waals surface area contributed by atoms with Crippen LogP contribution in [0, 0.1) is 20.8 Å². The van der Waals surface area contributed by atoms with Crippen LogP contribution in [0.15, 0.2) is 58.7 Å². The fourth-order valence-corrected chi connectivity index (χ4v) is 4.99. The van der Waals surface area contributed by atoms with Crippen molar-refractivity contribution in [2.75, 3.05) is 12.4 Å². The maximum Gasteiger partial charge on any atom is 0.192 e. The van der Waals surface area contributed by atoms with Gasteiger partial charge in [-0.2, -0.15) is 0 Å². The molecule has 0 bridgehead atoms. The highest BCUT2D eigenvalue weighted by Gasteiger charge is 2.28. The van der Waals surface area contributed by atoms with Gasteiger partial charge < -0.3 is 14.0 Å². The predicted molar refractivity (Wildman–Crippen MR) is 131 cm³/mol. The summed E-state index contributed by atoms with van der Waals surface area (Å²) in [5, 5.41) is 13.4. The highest BCUT2D eigenvalue weighted by Crippen LogP contribution is 2.36. The van der Waals surface area contributed by atoms with Crippen molar-refractivity contribution in [3.8, 4) is 17.3 Å². The quantitative estimate of drug-likeness (QED) is 0.200. The van der Waals surface area contributed by atoms with E-state index >= 15 is 0 Å². The zero-order valence-electron chi connectivity index (χ0n) is 19.7. The molecule has 1 atom stereocenters. The van der Waals surface area contributed by atoms with E-state index in [0.29, 0.717) is 52.8 Å². The lowest BCUT2D eigenvalue weighted by Gasteiger charge is -2.26. The smallest absolute Gasteiger partial charge is 0.192 e. The minimum absolute atomic E-state index is 0.00422. The number of allylic oxidation sites excluding steroid dienone is 1. The van der Waals surface area contributed by atoms with Crippen LogP contribution in [-0.2, 0) is 6.54 Å². The highest BCUT2D eigenvalue weighted by atomic mass is 32.2. The minimum atomic E-state index is -0.410. The molecule has 180 valence electrons. The molecule has 0 radical (unpaired) electrons. The normalized spacial score (nSPS) is 14.8. The van der Waals surface area contributed by atoms with E-state index in [4.69, 9.17) is 14.0 Å². The van der Waals surface area contributed by atoms with Gasteiger partial charge in [0.2, 0.25) is 0 Å². The number of para-hydroxylation sites is 2. The molecular formula is C25H25N5O4S. The Morgan fingerprint density at radius 1 is 1.20 bits per heavy atom. The minimum Gasteiger partial charge on any atom is -0.485 e. The second kappa shape index (κ2) is 9.46. The van der Waals surface area contributed by atoms with Gasteiger partial charge in [0.25, 0.3) is 0 Å². The highest BCUT2D eigenvalue weighted by molar-refractivity contribution is 7.99. The van der Waals surface area contributed by atoms with Crippen LogP contribution in [0.1, 0.15) is 39.4 Å². The van der Waals surface area contributed by atoms with Crippen molar-refractivity contribution < 1.29 is 18.8 Å². The second-order valence-electron chi connectivity index (χ2n) is 8.23. The molecule has 35 heavy (non-hydrogen) atoms. The standard InChI is InChI=1S/C25H25N5O4S/c1-5-10-29-24(22-13-32-20-8-6-7-9-21(20)33-22)26-27-25(29)35-14-19(31)18-11-15(2)30(17(18)4)23-12-16(3)34-28-23/h5-9,11-12,22H,1,10,13-14H2,2-4H3. The summed E-state index contributed by atoms with van der Waals surface area (Å²) in [4.78, 5) is 13.2. The lowest BCUT2D eigenvalue weighted by atomic mass is 10.2. The summed E-state index contributed by atoms with van der Waals surface area (Å²) < 4.78 is 21.0. The number of nitrogens with zero attached hydrogens (tertiary/aromatic N) is 5. The molecule has 0 fully saturated rings. The van der Waals surface area contributed by atoms with Gasteiger partial charge >= 0.3 is 0 Å². The van der Waals surface area contributed by atoms with Gasteiger partial charge in [-0.1, -0.05) is 35.1 Å². The Kier molecular flexibility index (Phi) is 6.21. The van der Waals surface area contributed by atoms with Gasteiger partial charge in [0, 0.05) is 29.6 Å². The van der Waals surface area contributed by atoms with E-state index in [0.717, 1.165) is 11.4 Å². The van der Waals surface area contributed by atoms with Crippen LogP contribution in [0.25, 0.3) is 5.82 Å². The van der Waals surface area contributed by atoms with E-state index in [9.17, 15) is 4.79 Å². The van der Waals surface area contributed by atoms with Crippen LogP contribution in [0.3, 0.4) is 0 Å². The van der Waals surface area contributed by atoms with Crippen molar-refractivity contribution in [2.45, 2.75) is 38.6 Å². The number of ketones is 1. The molecule has 0 spiro atoms. The van der Waals surface area contributed by atoms with Crippen LogP contribution in [0.2, 0.25) is 0 Å². The predicted octanol–water partition coefficient (Wildman–Crippen LogP) is 4.66. The zero-order valence-corrected chi connectivity index (χ0v) is 20.5. The molecule has 4 heterocycles. The van der Waals surface area contributed by atoms with Crippen LogP contribution in [0.5, 0.6) is 11.5 Å². The summed E-state index contributed by atoms with van der Waals surface area (Å²) in [5.74, 6) is 3.59. The summed E-state index contributed by atoms with van der Waals surface area (Å²) in [5.41, 5.74) is 2.38. The number of rotatable bonds is 8. The van der Waals surface area contributed by atoms with Gasteiger partial charge in [-0.25, -0.2) is 0 Å². The molecule has 0 amide bonds. The maximum atomic E-state index is 13.2.